The molecule has 0 aromatic heterocycles. The van der Waals surface area contributed by atoms with E-state index in [9.17, 15) is 0 Å². The molecule has 0 bridgehead atoms. The predicted octanol–water partition coefficient (Wildman–Crippen LogP) is 1.33. The minimum atomic E-state index is -1.70. The molecule has 3 N–H and O–H groups in total. The number of hydrogen-bond acceptors (Lipinski definition) is 3. The molecule has 88 valence electrons. The van der Waals surface area contributed by atoms with Gasteiger partial charge in [0.25, 0.3) is 0 Å². The molecular formula is C11H23NO2Si. The van der Waals surface area contributed by atoms with Crippen molar-refractivity contribution >= 4 is 8.32 Å². The van der Waals surface area contributed by atoms with E-state index in [2.05, 4.69) is 45.7 Å². The molecule has 0 aliphatic heterocycles. The first-order valence-electron chi connectivity index (χ1n) is 5.21. The highest BCUT2D eigenvalue weighted by Gasteiger charge is 2.36. The summed E-state index contributed by atoms with van der Waals surface area (Å²) < 4.78 is 5.80. The monoisotopic (exact) mass is 229 g/mol. The van der Waals surface area contributed by atoms with Crippen LogP contribution in [0.15, 0.2) is 0 Å². The SMILES string of the molecule is CC(C)(C)[Si](C)(C)OCC#CC(O)CN. The van der Waals surface area contributed by atoms with E-state index in [0.717, 1.165) is 0 Å². The predicted molar refractivity (Wildman–Crippen MR) is 66.0 cm³/mol. The van der Waals surface area contributed by atoms with Crippen LogP contribution in [0, 0.1) is 11.8 Å². The molecule has 0 saturated carbocycles. The Morgan fingerprint density at radius 2 is 1.93 bits per heavy atom. The molecule has 0 rings (SSSR count). The molecular weight excluding hydrogens is 206 g/mol. The van der Waals surface area contributed by atoms with Gasteiger partial charge in [-0.15, -0.1) is 0 Å². The van der Waals surface area contributed by atoms with E-state index in [1.165, 1.54) is 0 Å². The molecule has 0 aromatic carbocycles. The van der Waals surface area contributed by atoms with Crippen molar-refractivity contribution in [3.63, 3.8) is 0 Å². The first-order valence-corrected chi connectivity index (χ1v) is 8.12. The van der Waals surface area contributed by atoms with E-state index in [0.29, 0.717) is 6.61 Å². The standard InChI is InChI=1S/C11H23NO2Si/c1-11(2,3)15(4,5)14-8-6-7-10(13)9-12/h10,13H,8-9,12H2,1-5H3. The number of rotatable bonds is 3. The average Bonchev–Trinajstić information content (AvgIpc) is 2.10. The van der Waals surface area contributed by atoms with Crippen molar-refractivity contribution in [1.29, 1.82) is 0 Å². The molecule has 15 heavy (non-hydrogen) atoms. The summed E-state index contributed by atoms with van der Waals surface area (Å²) in [5.41, 5.74) is 5.22. The normalized spacial score (nSPS) is 14.3. The van der Waals surface area contributed by atoms with E-state index >= 15 is 0 Å². The summed E-state index contributed by atoms with van der Waals surface area (Å²) in [6.07, 6.45) is -0.729. The molecule has 4 heteroatoms. The Bertz CT molecular complexity index is 248. The van der Waals surface area contributed by atoms with Gasteiger partial charge in [0, 0.05) is 6.54 Å². The van der Waals surface area contributed by atoms with Gasteiger partial charge in [-0.1, -0.05) is 32.6 Å². The van der Waals surface area contributed by atoms with Crippen molar-refractivity contribution in [2.45, 2.75) is 45.0 Å². The minimum Gasteiger partial charge on any atom is -0.406 e. The lowest BCUT2D eigenvalue weighted by molar-refractivity contribution is 0.240. The number of aliphatic hydroxyl groups is 1. The van der Waals surface area contributed by atoms with E-state index in [1.54, 1.807) is 0 Å². The maximum atomic E-state index is 9.10. The van der Waals surface area contributed by atoms with Crippen molar-refractivity contribution in [2.75, 3.05) is 13.2 Å². The summed E-state index contributed by atoms with van der Waals surface area (Å²) in [5.74, 6) is 5.43. The topological polar surface area (TPSA) is 55.5 Å². The van der Waals surface area contributed by atoms with Gasteiger partial charge in [-0.05, 0) is 18.1 Å². The lowest BCUT2D eigenvalue weighted by Crippen LogP contribution is -2.40. The zero-order valence-corrected chi connectivity index (χ0v) is 11.4. The van der Waals surface area contributed by atoms with Gasteiger partial charge in [0.2, 0.25) is 0 Å². The summed E-state index contributed by atoms with van der Waals surface area (Å²) >= 11 is 0. The van der Waals surface area contributed by atoms with Gasteiger partial charge < -0.3 is 15.3 Å². The Hall–Kier alpha value is -0.343. The molecule has 0 heterocycles. The maximum absolute atomic E-state index is 9.10. The third-order valence-corrected chi connectivity index (χ3v) is 7.28. The Morgan fingerprint density at radius 1 is 1.40 bits per heavy atom. The van der Waals surface area contributed by atoms with Crippen LogP contribution in [0.25, 0.3) is 0 Å². The summed E-state index contributed by atoms with van der Waals surface area (Å²) in [5, 5.41) is 9.30. The van der Waals surface area contributed by atoms with Gasteiger partial charge in [-0.2, -0.15) is 0 Å². The zero-order valence-electron chi connectivity index (χ0n) is 10.4. The molecule has 0 aliphatic carbocycles. The zero-order chi connectivity index (χ0) is 12.1. The quantitative estimate of drug-likeness (QED) is 0.567. The lowest BCUT2D eigenvalue weighted by Gasteiger charge is -2.35. The summed E-state index contributed by atoms with van der Waals surface area (Å²) in [7, 11) is -1.70. The second-order valence-corrected chi connectivity index (χ2v) is 9.93. The minimum absolute atomic E-state index is 0.174. The van der Waals surface area contributed by atoms with Crippen molar-refractivity contribution in [2.24, 2.45) is 5.73 Å². The van der Waals surface area contributed by atoms with Crippen molar-refractivity contribution < 1.29 is 9.53 Å². The van der Waals surface area contributed by atoms with E-state index in [-0.39, 0.29) is 11.6 Å². The van der Waals surface area contributed by atoms with Crippen LogP contribution in [0.1, 0.15) is 20.8 Å². The van der Waals surface area contributed by atoms with Gasteiger partial charge in [0.15, 0.2) is 8.32 Å². The molecule has 0 fully saturated rings. The highest BCUT2D eigenvalue weighted by Crippen LogP contribution is 2.36. The maximum Gasteiger partial charge on any atom is 0.193 e. The Labute approximate surface area is 94.1 Å². The second-order valence-electron chi connectivity index (χ2n) is 5.12. The molecule has 3 nitrogen and oxygen atoms in total. The molecule has 0 aromatic rings. The van der Waals surface area contributed by atoms with Crippen LogP contribution in [0.2, 0.25) is 18.1 Å². The average molecular weight is 229 g/mol. The third kappa shape index (κ3) is 5.33. The largest absolute Gasteiger partial charge is 0.406 e. The smallest absolute Gasteiger partial charge is 0.193 e. The van der Waals surface area contributed by atoms with Crippen molar-refractivity contribution in [1.82, 2.24) is 0 Å². The lowest BCUT2D eigenvalue weighted by atomic mass is 10.2. The van der Waals surface area contributed by atoms with Crippen LogP contribution in [-0.4, -0.2) is 32.7 Å². The second kappa shape index (κ2) is 5.66. The van der Waals surface area contributed by atoms with Crippen molar-refractivity contribution in [3.05, 3.63) is 0 Å². The molecule has 0 spiro atoms. The fraction of sp³-hybridized carbons (Fsp3) is 0.818. The third-order valence-electron chi connectivity index (χ3n) is 2.80. The van der Waals surface area contributed by atoms with Crippen LogP contribution in [-0.2, 0) is 4.43 Å². The van der Waals surface area contributed by atoms with Crippen LogP contribution >= 0.6 is 0 Å². The van der Waals surface area contributed by atoms with Gasteiger partial charge in [0.1, 0.15) is 6.10 Å². The molecule has 0 amide bonds. The Kier molecular flexibility index (Phi) is 5.53. The van der Waals surface area contributed by atoms with Gasteiger partial charge in [-0.3, -0.25) is 0 Å². The summed E-state index contributed by atoms with van der Waals surface area (Å²) in [6.45, 7) is 11.5. The van der Waals surface area contributed by atoms with Crippen LogP contribution < -0.4 is 5.73 Å². The number of aliphatic hydroxyl groups excluding tert-OH is 1. The van der Waals surface area contributed by atoms with E-state index in [1.807, 2.05) is 0 Å². The molecule has 0 saturated heterocycles. The fourth-order valence-electron chi connectivity index (χ4n) is 0.651. The number of hydrogen-bond donors (Lipinski definition) is 2. The van der Waals surface area contributed by atoms with Crippen LogP contribution in [0.5, 0.6) is 0 Å². The molecule has 0 radical (unpaired) electrons. The van der Waals surface area contributed by atoms with Crippen LogP contribution in [0.3, 0.4) is 0 Å². The first kappa shape index (κ1) is 14.7. The summed E-state index contributed by atoms with van der Waals surface area (Å²) in [6, 6.07) is 0. The van der Waals surface area contributed by atoms with Crippen LogP contribution in [0.4, 0.5) is 0 Å². The fourth-order valence-corrected chi connectivity index (χ4v) is 1.52. The molecule has 1 atom stereocenters. The Morgan fingerprint density at radius 3 is 2.33 bits per heavy atom. The van der Waals surface area contributed by atoms with Gasteiger partial charge in [0.05, 0.1) is 6.61 Å². The molecule has 1 unspecified atom stereocenters. The number of nitrogens with two attached hydrogens (primary N) is 1. The highest BCUT2D eigenvalue weighted by molar-refractivity contribution is 6.74. The van der Waals surface area contributed by atoms with Gasteiger partial charge in [-0.25, -0.2) is 0 Å². The van der Waals surface area contributed by atoms with Gasteiger partial charge >= 0.3 is 0 Å². The molecule has 0 aliphatic rings. The Balaban J connectivity index is 4.10. The van der Waals surface area contributed by atoms with E-state index < -0.39 is 14.4 Å². The highest BCUT2D eigenvalue weighted by atomic mass is 28.4. The summed E-state index contributed by atoms with van der Waals surface area (Å²) in [4.78, 5) is 0. The van der Waals surface area contributed by atoms with Crippen molar-refractivity contribution in [3.8, 4) is 11.8 Å². The van der Waals surface area contributed by atoms with E-state index in [4.69, 9.17) is 15.3 Å². The first-order chi connectivity index (χ1) is 6.70.